The molecule has 2 aliphatic rings. The van der Waals surface area contributed by atoms with E-state index in [-0.39, 0.29) is 12.1 Å². The van der Waals surface area contributed by atoms with Crippen molar-refractivity contribution < 1.29 is 9.69 Å². The number of hydrogen-bond acceptors (Lipinski definition) is 3. The van der Waals surface area contributed by atoms with Crippen molar-refractivity contribution in [2.75, 3.05) is 18.9 Å². The second-order valence-electron chi connectivity index (χ2n) is 6.49. The molecule has 1 aromatic carbocycles. The molecule has 2 aliphatic heterocycles. The molecule has 1 aromatic heterocycles. The highest BCUT2D eigenvalue weighted by Gasteiger charge is 2.33. The molecule has 23 heavy (non-hydrogen) atoms. The monoisotopic (exact) mass is 328 g/mol. The fraction of sp³-hybridized carbons (Fsp3) is 0.389. The molecule has 3 N–H and O–H groups in total. The summed E-state index contributed by atoms with van der Waals surface area (Å²) in [7, 11) is 2.22. The first-order valence-electron chi connectivity index (χ1n) is 8.27. The van der Waals surface area contributed by atoms with Crippen LogP contribution in [0.4, 0.5) is 5.00 Å². The minimum atomic E-state index is -0.133. The van der Waals surface area contributed by atoms with Crippen LogP contribution in [-0.4, -0.2) is 19.5 Å². The second kappa shape index (κ2) is 5.65. The van der Waals surface area contributed by atoms with Crippen molar-refractivity contribution in [3.63, 3.8) is 0 Å². The van der Waals surface area contributed by atoms with Crippen LogP contribution in [0, 0.1) is 0 Å². The number of anilines is 1. The number of benzene rings is 1. The van der Waals surface area contributed by atoms with Crippen LogP contribution in [-0.2, 0) is 19.4 Å². The third kappa shape index (κ3) is 2.54. The van der Waals surface area contributed by atoms with E-state index in [4.69, 9.17) is 0 Å². The van der Waals surface area contributed by atoms with Crippen molar-refractivity contribution >= 4 is 22.2 Å². The van der Waals surface area contributed by atoms with Crippen LogP contribution in [0.2, 0.25) is 0 Å². The Labute approximate surface area is 140 Å². The smallest absolute Gasteiger partial charge is 0.256 e. The standard InChI is InChI=1S/C18H21N3OS/c1-3-11-4-6-12(7-5-11)16-19-17(22)15-13-8-9-21(2)10-14(13)23-18(15)20-16/h4-7,16,20H,3,8-10H2,1-2H3,(H,19,22)/p+1/t16-/m1/s1. The fourth-order valence-electron chi connectivity index (χ4n) is 3.45. The molecule has 0 saturated heterocycles. The number of carbonyl (C=O) groups excluding carboxylic acids is 1. The molecule has 1 unspecified atom stereocenters. The Morgan fingerprint density at radius 2 is 2.04 bits per heavy atom. The minimum Gasteiger partial charge on any atom is -0.353 e. The Morgan fingerprint density at radius 3 is 2.78 bits per heavy atom. The van der Waals surface area contributed by atoms with Gasteiger partial charge < -0.3 is 15.5 Å². The van der Waals surface area contributed by atoms with E-state index in [0.29, 0.717) is 0 Å². The highest BCUT2D eigenvalue weighted by atomic mass is 32.1. The van der Waals surface area contributed by atoms with Gasteiger partial charge in [-0.25, -0.2) is 0 Å². The van der Waals surface area contributed by atoms with Gasteiger partial charge in [-0.1, -0.05) is 31.2 Å². The number of fused-ring (bicyclic) bond motifs is 3. The van der Waals surface area contributed by atoms with Crippen LogP contribution in [0.15, 0.2) is 24.3 Å². The molecule has 0 aliphatic carbocycles. The van der Waals surface area contributed by atoms with E-state index in [1.165, 1.54) is 20.9 Å². The largest absolute Gasteiger partial charge is 0.353 e. The molecule has 2 aromatic rings. The van der Waals surface area contributed by atoms with Crippen LogP contribution in [0.25, 0.3) is 0 Å². The Bertz CT molecular complexity index is 750. The number of aryl methyl sites for hydroxylation is 1. The number of quaternary nitrogens is 1. The van der Waals surface area contributed by atoms with Crippen molar-refractivity contribution in [3.8, 4) is 0 Å². The van der Waals surface area contributed by atoms with E-state index in [1.807, 2.05) is 0 Å². The summed E-state index contributed by atoms with van der Waals surface area (Å²) in [5.74, 6) is 0.0698. The lowest BCUT2D eigenvalue weighted by molar-refractivity contribution is -0.895. The Kier molecular flexibility index (Phi) is 3.62. The van der Waals surface area contributed by atoms with Crippen molar-refractivity contribution in [3.05, 3.63) is 51.4 Å². The second-order valence-corrected chi connectivity index (χ2v) is 7.59. The van der Waals surface area contributed by atoms with E-state index >= 15 is 0 Å². The first kappa shape index (κ1) is 14.7. The van der Waals surface area contributed by atoms with Crippen molar-refractivity contribution in [2.45, 2.75) is 32.5 Å². The summed E-state index contributed by atoms with van der Waals surface area (Å²) < 4.78 is 0. The van der Waals surface area contributed by atoms with E-state index in [2.05, 4.69) is 48.9 Å². The Balaban J connectivity index is 1.65. The summed E-state index contributed by atoms with van der Waals surface area (Å²) in [6, 6.07) is 8.48. The molecule has 0 radical (unpaired) electrons. The molecule has 120 valence electrons. The van der Waals surface area contributed by atoms with Crippen LogP contribution in [0.5, 0.6) is 0 Å². The number of carbonyl (C=O) groups is 1. The SMILES string of the molecule is CCc1ccc([C@@H]2NC(=O)c3c(sc4c3CC[NH+](C)C4)N2)cc1. The first-order valence-corrected chi connectivity index (χ1v) is 9.09. The Morgan fingerprint density at radius 1 is 1.26 bits per heavy atom. The lowest BCUT2D eigenvalue weighted by atomic mass is 10.0. The zero-order chi connectivity index (χ0) is 16.0. The summed E-state index contributed by atoms with van der Waals surface area (Å²) in [6.07, 6.45) is 1.89. The van der Waals surface area contributed by atoms with Gasteiger partial charge in [-0.05, 0) is 23.1 Å². The van der Waals surface area contributed by atoms with Gasteiger partial charge in [0.2, 0.25) is 0 Å². The van der Waals surface area contributed by atoms with Gasteiger partial charge in [0.05, 0.1) is 24.0 Å². The number of likely N-dealkylation sites (N-methyl/N-ethyl adjacent to an activating group) is 1. The third-order valence-corrected chi connectivity index (χ3v) is 6.02. The van der Waals surface area contributed by atoms with Gasteiger partial charge in [-0.15, -0.1) is 11.3 Å². The molecular formula is C18H22N3OS+. The highest BCUT2D eigenvalue weighted by molar-refractivity contribution is 7.16. The minimum absolute atomic E-state index is 0.0698. The molecule has 5 heteroatoms. The molecule has 0 fully saturated rings. The average molecular weight is 328 g/mol. The van der Waals surface area contributed by atoms with E-state index in [9.17, 15) is 4.79 Å². The molecule has 4 nitrogen and oxygen atoms in total. The number of rotatable bonds is 2. The van der Waals surface area contributed by atoms with Crippen LogP contribution >= 0.6 is 11.3 Å². The van der Waals surface area contributed by atoms with Crippen molar-refractivity contribution in [1.29, 1.82) is 0 Å². The van der Waals surface area contributed by atoms with Crippen LogP contribution in [0.1, 0.15) is 45.0 Å². The summed E-state index contributed by atoms with van der Waals surface area (Å²) in [4.78, 5) is 15.5. The number of hydrogen-bond donors (Lipinski definition) is 3. The topological polar surface area (TPSA) is 45.6 Å². The normalized spacial score (nSPS) is 22.8. The summed E-state index contributed by atoms with van der Waals surface area (Å²) in [5, 5.41) is 7.69. The summed E-state index contributed by atoms with van der Waals surface area (Å²) in [6.45, 7) is 4.28. The Hall–Kier alpha value is -1.85. The zero-order valence-corrected chi connectivity index (χ0v) is 14.3. The quantitative estimate of drug-likeness (QED) is 0.786. The van der Waals surface area contributed by atoms with E-state index < -0.39 is 0 Å². The van der Waals surface area contributed by atoms with Gasteiger partial charge in [0, 0.05) is 6.42 Å². The van der Waals surface area contributed by atoms with E-state index in [0.717, 1.165) is 42.1 Å². The lowest BCUT2D eigenvalue weighted by Gasteiger charge is -2.27. The van der Waals surface area contributed by atoms with Gasteiger partial charge in [0.25, 0.3) is 5.91 Å². The van der Waals surface area contributed by atoms with Crippen molar-refractivity contribution in [1.82, 2.24) is 5.32 Å². The maximum atomic E-state index is 12.7. The third-order valence-electron chi connectivity index (χ3n) is 4.85. The number of nitrogens with one attached hydrogen (secondary N) is 3. The zero-order valence-electron chi connectivity index (χ0n) is 13.5. The van der Waals surface area contributed by atoms with Gasteiger partial charge in [-0.2, -0.15) is 0 Å². The van der Waals surface area contributed by atoms with Gasteiger partial charge in [0.1, 0.15) is 17.7 Å². The van der Waals surface area contributed by atoms with Gasteiger partial charge in [-0.3, -0.25) is 4.79 Å². The molecule has 2 atom stereocenters. The summed E-state index contributed by atoms with van der Waals surface area (Å²) >= 11 is 1.76. The number of thiophene rings is 1. The highest BCUT2D eigenvalue weighted by Crippen LogP contribution is 2.38. The molecule has 4 rings (SSSR count). The fourth-order valence-corrected chi connectivity index (χ4v) is 4.83. The molecule has 3 heterocycles. The molecular weight excluding hydrogens is 306 g/mol. The molecule has 1 amide bonds. The molecule has 0 spiro atoms. The van der Waals surface area contributed by atoms with Crippen molar-refractivity contribution in [2.24, 2.45) is 0 Å². The lowest BCUT2D eigenvalue weighted by Crippen LogP contribution is -3.08. The maximum Gasteiger partial charge on any atom is 0.256 e. The predicted octanol–water partition coefficient (Wildman–Crippen LogP) is 1.74. The van der Waals surface area contributed by atoms with Crippen LogP contribution < -0.4 is 15.5 Å². The number of amides is 1. The molecule has 0 saturated carbocycles. The average Bonchev–Trinajstić information content (AvgIpc) is 2.92. The molecule has 0 bridgehead atoms. The predicted molar refractivity (Wildman–Crippen MR) is 93.1 cm³/mol. The van der Waals surface area contributed by atoms with Gasteiger partial charge >= 0.3 is 0 Å². The summed E-state index contributed by atoms with van der Waals surface area (Å²) in [5.41, 5.74) is 4.57. The first-order chi connectivity index (χ1) is 11.2. The van der Waals surface area contributed by atoms with E-state index in [1.54, 1.807) is 11.3 Å². The van der Waals surface area contributed by atoms with Crippen LogP contribution in [0.3, 0.4) is 0 Å². The van der Waals surface area contributed by atoms with Gasteiger partial charge in [0.15, 0.2) is 0 Å². The maximum absolute atomic E-state index is 12.7.